The first-order valence-electron chi connectivity index (χ1n) is 7.27. The van der Waals surface area contributed by atoms with Crippen molar-refractivity contribution < 1.29 is 19.4 Å². The van der Waals surface area contributed by atoms with Gasteiger partial charge in [0.15, 0.2) is 5.75 Å². The monoisotopic (exact) mass is 382 g/mol. The summed E-state index contributed by atoms with van der Waals surface area (Å²) in [7, 11) is 0. The predicted octanol–water partition coefficient (Wildman–Crippen LogP) is 3.94. The Kier molecular flexibility index (Phi) is 5.77. The molecule has 1 aliphatic rings. The Hall–Kier alpha value is -2.44. The van der Waals surface area contributed by atoms with Crippen molar-refractivity contribution >= 4 is 40.8 Å². The van der Waals surface area contributed by atoms with Crippen LogP contribution >= 0.6 is 23.2 Å². The van der Waals surface area contributed by atoms with Crippen molar-refractivity contribution in [2.45, 2.75) is 13.8 Å². The zero-order valence-corrected chi connectivity index (χ0v) is 15.0. The van der Waals surface area contributed by atoms with Crippen LogP contribution < -0.4 is 15.4 Å². The minimum atomic E-state index is -1.61. The van der Waals surface area contributed by atoms with Gasteiger partial charge in [-0.25, -0.2) is 4.79 Å². The van der Waals surface area contributed by atoms with Crippen molar-refractivity contribution in [3.63, 3.8) is 0 Å². The highest BCUT2D eigenvalue weighted by atomic mass is 35.5. The topological polar surface area (TPSA) is 87.7 Å². The van der Waals surface area contributed by atoms with Crippen molar-refractivity contribution in [2.75, 3.05) is 5.32 Å². The third-order valence-electron chi connectivity index (χ3n) is 3.33. The molecule has 1 aliphatic heterocycles. The van der Waals surface area contributed by atoms with Crippen LogP contribution in [-0.2, 0) is 9.59 Å². The summed E-state index contributed by atoms with van der Waals surface area (Å²) in [5, 5.41) is 14.0. The van der Waals surface area contributed by atoms with Crippen LogP contribution in [0, 0.1) is 5.92 Å². The number of ether oxygens (including phenoxy) is 1. The Morgan fingerprint density at radius 2 is 1.88 bits per heavy atom. The van der Waals surface area contributed by atoms with Gasteiger partial charge in [-0.15, -0.1) is 0 Å². The maximum Gasteiger partial charge on any atom is 0.394 e. The fraction of sp³-hybridized carbons (Fsp3) is 0.176. The number of hydrogen-bond donors (Lipinski definition) is 3. The third-order valence-corrected chi connectivity index (χ3v) is 3.89. The summed E-state index contributed by atoms with van der Waals surface area (Å²) in [6.07, 6.45) is 3.46. The molecule has 3 N–H and O–H groups in total. The number of halogens is 2. The molecule has 0 unspecified atom stereocenters. The second-order valence-corrected chi connectivity index (χ2v) is 6.37. The number of carbonyl (C=O) groups excluding carboxylic acids is 1. The minimum absolute atomic E-state index is 0.123. The molecule has 1 amide bonds. The lowest BCUT2D eigenvalue weighted by atomic mass is 9.98. The SMILES string of the molecule is C=C1NC=C(Oc2c(Cl)cc(NC(=O)C(=O)O)cc2Cl)C=C1C(C)C. The highest BCUT2D eigenvalue weighted by Crippen LogP contribution is 2.38. The normalized spacial score (nSPS) is 13.7. The molecular weight excluding hydrogens is 367 g/mol. The number of dihydropyridines is 1. The summed E-state index contributed by atoms with van der Waals surface area (Å²) < 4.78 is 5.74. The van der Waals surface area contributed by atoms with Crippen LogP contribution in [-0.4, -0.2) is 17.0 Å². The number of aliphatic carboxylic acids is 1. The molecule has 25 heavy (non-hydrogen) atoms. The molecule has 1 heterocycles. The number of nitrogens with one attached hydrogen (secondary N) is 2. The van der Waals surface area contributed by atoms with Crippen molar-refractivity contribution in [1.82, 2.24) is 5.32 Å². The Labute approximate surface area is 154 Å². The van der Waals surface area contributed by atoms with E-state index < -0.39 is 11.9 Å². The number of allylic oxidation sites excluding steroid dienone is 2. The first kappa shape index (κ1) is 18.9. The minimum Gasteiger partial charge on any atom is -0.474 e. The van der Waals surface area contributed by atoms with E-state index in [1.807, 2.05) is 19.9 Å². The van der Waals surface area contributed by atoms with Crippen LogP contribution in [0.2, 0.25) is 10.0 Å². The maximum absolute atomic E-state index is 11.2. The molecule has 0 fully saturated rings. The number of anilines is 1. The Bertz CT molecular complexity index is 790. The van der Waals surface area contributed by atoms with Crippen molar-refractivity contribution in [2.24, 2.45) is 5.92 Å². The number of carboxylic acids is 1. The zero-order valence-electron chi connectivity index (χ0n) is 13.5. The first-order chi connectivity index (χ1) is 11.7. The van der Waals surface area contributed by atoms with Crippen molar-refractivity contribution in [3.05, 3.63) is 58.1 Å². The van der Waals surface area contributed by atoms with Crippen LogP contribution in [0.25, 0.3) is 0 Å². The fourth-order valence-electron chi connectivity index (χ4n) is 2.13. The van der Waals surface area contributed by atoms with E-state index in [1.54, 1.807) is 6.20 Å². The number of carbonyl (C=O) groups is 2. The highest BCUT2D eigenvalue weighted by molar-refractivity contribution is 6.39. The second kappa shape index (κ2) is 7.63. The van der Waals surface area contributed by atoms with Crippen LogP contribution in [0.5, 0.6) is 5.75 Å². The molecule has 0 spiro atoms. The molecule has 132 valence electrons. The number of amides is 1. The van der Waals surface area contributed by atoms with Crippen LogP contribution in [0.4, 0.5) is 5.69 Å². The van der Waals surface area contributed by atoms with Gasteiger partial charge >= 0.3 is 11.9 Å². The summed E-state index contributed by atoms with van der Waals surface area (Å²) in [5.74, 6) is -1.88. The van der Waals surface area contributed by atoms with Crippen molar-refractivity contribution in [1.29, 1.82) is 0 Å². The van der Waals surface area contributed by atoms with Gasteiger partial charge in [-0.05, 0) is 29.7 Å². The average Bonchev–Trinajstić information content (AvgIpc) is 2.52. The van der Waals surface area contributed by atoms with E-state index in [-0.39, 0.29) is 27.4 Å². The van der Waals surface area contributed by atoms with Gasteiger partial charge in [0.25, 0.3) is 0 Å². The lowest BCUT2D eigenvalue weighted by Gasteiger charge is -2.21. The third kappa shape index (κ3) is 4.55. The second-order valence-electron chi connectivity index (χ2n) is 5.55. The molecule has 1 aromatic carbocycles. The van der Waals surface area contributed by atoms with Gasteiger partial charge in [0.05, 0.1) is 10.0 Å². The fourth-order valence-corrected chi connectivity index (χ4v) is 2.69. The zero-order chi connectivity index (χ0) is 18.7. The van der Waals surface area contributed by atoms with E-state index in [9.17, 15) is 9.59 Å². The standard InChI is InChI=1S/C17H16Cl2N2O4/c1-8(2)12-6-11(7-20-9(12)3)25-15-13(18)4-10(5-14(15)19)21-16(22)17(23)24/h4-8,20H,3H2,1-2H3,(H,21,22)(H,23,24). The van der Waals surface area contributed by atoms with E-state index in [4.69, 9.17) is 33.0 Å². The molecule has 8 heteroatoms. The Morgan fingerprint density at radius 3 is 2.40 bits per heavy atom. The predicted molar refractivity (Wildman–Crippen MR) is 96.6 cm³/mol. The molecule has 0 saturated heterocycles. The molecule has 0 bridgehead atoms. The number of rotatable bonds is 4. The Morgan fingerprint density at radius 1 is 1.28 bits per heavy atom. The summed E-state index contributed by atoms with van der Waals surface area (Å²) in [5.41, 5.74) is 1.92. The van der Waals surface area contributed by atoms with Gasteiger partial charge in [0.1, 0.15) is 5.76 Å². The molecule has 1 aromatic rings. The molecule has 0 atom stereocenters. The number of benzene rings is 1. The van der Waals surface area contributed by atoms with E-state index in [0.29, 0.717) is 5.76 Å². The van der Waals surface area contributed by atoms with E-state index in [1.165, 1.54) is 12.1 Å². The first-order valence-corrected chi connectivity index (χ1v) is 8.03. The lowest BCUT2D eigenvalue weighted by molar-refractivity contribution is -0.147. The molecular formula is C17H16Cl2N2O4. The summed E-state index contributed by atoms with van der Waals surface area (Å²) >= 11 is 12.3. The van der Waals surface area contributed by atoms with Gasteiger partial charge in [-0.2, -0.15) is 0 Å². The summed E-state index contributed by atoms with van der Waals surface area (Å²) in [6.45, 7) is 7.99. The average molecular weight is 383 g/mol. The van der Waals surface area contributed by atoms with Crippen LogP contribution in [0.15, 0.2) is 48.0 Å². The van der Waals surface area contributed by atoms with E-state index in [2.05, 4.69) is 17.2 Å². The maximum atomic E-state index is 11.2. The van der Waals surface area contributed by atoms with E-state index >= 15 is 0 Å². The molecule has 2 rings (SSSR count). The quantitative estimate of drug-likeness (QED) is 0.686. The largest absolute Gasteiger partial charge is 0.474 e. The number of carboxylic acid groups (broad SMARTS) is 1. The molecule has 6 nitrogen and oxygen atoms in total. The van der Waals surface area contributed by atoms with Gasteiger partial charge in [-0.1, -0.05) is 43.6 Å². The van der Waals surface area contributed by atoms with Gasteiger partial charge < -0.3 is 20.5 Å². The molecule has 0 aliphatic carbocycles. The molecule has 0 aromatic heterocycles. The molecule has 0 radical (unpaired) electrons. The number of hydrogen-bond acceptors (Lipinski definition) is 4. The Balaban J connectivity index is 2.25. The van der Waals surface area contributed by atoms with Gasteiger partial charge in [-0.3, -0.25) is 4.79 Å². The smallest absolute Gasteiger partial charge is 0.394 e. The lowest BCUT2D eigenvalue weighted by Crippen LogP contribution is -2.21. The molecule has 0 saturated carbocycles. The van der Waals surface area contributed by atoms with Gasteiger partial charge in [0, 0.05) is 17.6 Å². The van der Waals surface area contributed by atoms with Crippen molar-refractivity contribution in [3.8, 4) is 5.75 Å². The summed E-state index contributed by atoms with van der Waals surface area (Å²) in [6, 6.07) is 2.71. The highest BCUT2D eigenvalue weighted by Gasteiger charge is 2.18. The van der Waals surface area contributed by atoms with Crippen LogP contribution in [0.1, 0.15) is 13.8 Å². The van der Waals surface area contributed by atoms with Crippen LogP contribution in [0.3, 0.4) is 0 Å². The van der Waals surface area contributed by atoms with E-state index in [0.717, 1.165) is 11.3 Å². The van der Waals surface area contributed by atoms with Gasteiger partial charge in [0.2, 0.25) is 0 Å². The summed E-state index contributed by atoms with van der Waals surface area (Å²) in [4.78, 5) is 21.8.